The monoisotopic (exact) mass is 393 g/mol. The van der Waals surface area contributed by atoms with Crippen LogP contribution in [0.4, 0.5) is 17.2 Å². The Bertz CT molecular complexity index is 837. The SMILES string of the molecule is Cc1nc(Nc2ccc(N3CCCCC3)cc2)cc(C(=O)N2CCC(C)CC2)n1. The van der Waals surface area contributed by atoms with Gasteiger partial charge in [0.25, 0.3) is 5.91 Å². The van der Waals surface area contributed by atoms with Gasteiger partial charge in [0.2, 0.25) is 0 Å². The zero-order chi connectivity index (χ0) is 20.2. The number of hydrogen-bond acceptors (Lipinski definition) is 5. The van der Waals surface area contributed by atoms with E-state index >= 15 is 0 Å². The fourth-order valence-corrected chi connectivity index (χ4v) is 4.17. The number of benzene rings is 1. The topological polar surface area (TPSA) is 61.4 Å². The molecule has 0 atom stereocenters. The number of amides is 1. The molecular weight excluding hydrogens is 362 g/mol. The summed E-state index contributed by atoms with van der Waals surface area (Å²) in [5, 5.41) is 3.34. The van der Waals surface area contributed by atoms with E-state index in [0.717, 1.165) is 44.7 Å². The standard InChI is InChI=1S/C23H31N5O/c1-17-10-14-28(15-11-17)23(29)21-16-22(25-18(2)24-21)26-19-6-8-20(9-7-19)27-12-4-3-5-13-27/h6-9,16-17H,3-5,10-15H2,1-2H3,(H,24,25,26). The Morgan fingerprint density at radius 3 is 2.38 bits per heavy atom. The first-order valence-corrected chi connectivity index (χ1v) is 10.9. The Morgan fingerprint density at radius 1 is 1.00 bits per heavy atom. The lowest BCUT2D eigenvalue weighted by Crippen LogP contribution is -2.38. The van der Waals surface area contributed by atoms with Crippen molar-refractivity contribution in [2.24, 2.45) is 5.92 Å². The van der Waals surface area contributed by atoms with Gasteiger partial charge in [-0.15, -0.1) is 0 Å². The molecule has 0 radical (unpaired) electrons. The van der Waals surface area contributed by atoms with E-state index in [9.17, 15) is 4.79 Å². The van der Waals surface area contributed by atoms with Crippen LogP contribution in [0.5, 0.6) is 0 Å². The highest BCUT2D eigenvalue weighted by Crippen LogP contribution is 2.24. The number of nitrogens with zero attached hydrogens (tertiary/aromatic N) is 4. The number of hydrogen-bond donors (Lipinski definition) is 1. The van der Waals surface area contributed by atoms with Crippen LogP contribution < -0.4 is 10.2 Å². The second-order valence-electron chi connectivity index (χ2n) is 8.38. The van der Waals surface area contributed by atoms with E-state index in [4.69, 9.17) is 0 Å². The van der Waals surface area contributed by atoms with Crippen LogP contribution in [0.25, 0.3) is 0 Å². The molecule has 2 aliphatic heterocycles. The molecule has 1 amide bonds. The predicted octanol–water partition coefficient (Wildman–Crippen LogP) is 4.39. The van der Waals surface area contributed by atoms with Crippen molar-refractivity contribution in [3.63, 3.8) is 0 Å². The Labute approximate surface area is 173 Å². The van der Waals surface area contributed by atoms with Crippen LogP contribution >= 0.6 is 0 Å². The molecule has 1 aromatic heterocycles. The number of carbonyl (C=O) groups excluding carboxylic acids is 1. The second kappa shape index (κ2) is 8.80. The Kier molecular flexibility index (Phi) is 5.97. The summed E-state index contributed by atoms with van der Waals surface area (Å²) in [6.45, 7) is 7.97. The first-order valence-electron chi connectivity index (χ1n) is 10.9. The molecule has 2 aliphatic rings. The third-order valence-electron chi connectivity index (χ3n) is 5.99. The number of anilines is 3. The van der Waals surface area contributed by atoms with Crippen LogP contribution in [0, 0.1) is 12.8 Å². The van der Waals surface area contributed by atoms with Gasteiger partial charge >= 0.3 is 0 Å². The summed E-state index contributed by atoms with van der Waals surface area (Å²) in [5.74, 6) is 1.97. The molecule has 0 unspecified atom stereocenters. The van der Waals surface area contributed by atoms with Crippen LogP contribution in [0.1, 0.15) is 55.3 Å². The molecule has 2 fully saturated rings. The van der Waals surface area contributed by atoms with Crippen molar-refractivity contribution < 1.29 is 4.79 Å². The zero-order valence-electron chi connectivity index (χ0n) is 17.5. The van der Waals surface area contributed by atoms with Crippen LogP contribution in [-0.4, -0.2) is 47.0 Å². The van der Waals surface area contributed by atoms with Gasteiger partial charge in [-0.05, 0) is 69.2 Å². The van der Waals surface area contributed by atoms with Crippen LogP contribution in [0.3, 0.4) is 0 Å². The average Bonchev–Trinajstić information content (AvgIpc) is 2.74. The number of rotatable bonds is 4. The highest BCUT2D eigenvalue weighted by atomic mass is 16.2. The van der Waals surface area contributed by atoms with Crippen molar-refractivity contribution in [2.75, 3.05) is 36.4 Å². The summed E-state index contributed by atoms with van der Waals surface area (Å²) in [4.78, 5) is 26.1. The molecule has 0 aliphatic carbocycles. The largest absolute Gasteiger partial charge is 0.372 e. The highest BCUT2D eigenvalue weighted by Gasteiger charge is 2.23. The lowest BCUT2D eigenvalue weighted by Gasteiger charge is -2.30. The van der Waals surface area contributed by atoms with Crippen molar-refractivity contribution in [3.05, 3.63) is 41.9 Å². The minimum atomic E-state index is 0.00546. The number of carbonyl (C=O) groups is 1. The van der Waals surface area contributed by atoms with E-state index in [1.165, 1.54) is 24.9 Å². The van der Waals surface area contributed by atoms with Crippen LogP contribution in [0.2, 0.25) is 0 Å². The maximum atomic E-state index is 12.9. The maximum absolute atomic E-state index is 12.9. The lowest BCUT2D eigenvalue weighted by atomic mass is 9.99. The van der Waals surface area contributed by atoms with Gasteiger partial charge in [0.05, 0.1) is 0 Å². The number of likely N-dealkylation sites (tertiary alicyclic amines) is 1. The summed E-state index contributed by atoms with van der Waals surface area (Å²) in [7, 11) is 0. The molecule has 1 aromatic carbocycles. The summed E-state index contributed by atoms with van der Waals surface area (Å²) in [6, 6.07) is 10.2. The highest BCUT2D eigenvalue weighted by molar-refractivity contribution is 5.93. The lowest BCUT2D eigenvalue weighted by molar-refractivity contribution is 0.0691. The second-order valence-corrected chi connectivity index (χ2v) is 8.38. The van der Waals surface area contributed by atoms with Crippen molar-refractivity contribution in [1.82, 2.24) is 14.9 Å². The minimum Gasteiger partial charge on any atom is -0.372 e. The predicted molar refractivity (Wildman–Crippen MR) is 117 cm³/mol. The van der Waals surface area contributed by atoms with Crippen LogP contribution in [0.15, 0.2) is 30.3 Å². The number of aryl methyl sites for hydroxylation is 1. The average molecular weight is 394 g/mol. The number of piperidine rings is 2. The first kappa shape index (κ1) is 19.7. The maximum Gasteiger partial charge on any atom is 0.272 e. The van der Waals surface area contributed by atoms with E-state index in [1.54, 1.807) is 6.07 Å². The first-order chi connectivity index (χ1) is 14.1. The van der Waals surface area contributed by atoms with Crippen molar-refractivity contribution in [3.8, 4) is 0 Å². The van der Waals surface area contributed by atoms with E-state index in [2.05, 4.69) is 51.4 Å². The molecular formula is C23H31N5O. The normalized spacial score (nSPS) is 18.0. The van der Waals surface area contributed by atoms with E-state index in [1.807, 2.05) is 11.8 Å². The number of nitrogens with one attached hydrogen (secondary N) is 1. The molecule has 6 nitrogen and oxygen atoms in total. The van der Waals surface area contributed by atoms with Gasteiger partial charge in [-0.25, -0.2) is 9.97 Å². The van der Waals surface area contributed by atoms with Gasteiger partial charge in [0.15, 0.2) is 0 Å². The molecule has 4 rings (SSSR count). The molecule has 154 valence electrons. The Balaban J connectivity index is 1.45. The van der Waals surface area contributed by atoms with Crippen molar-refractivity contribution >= 4 is 23.1 Å². The molecule has 2 aromatic rings. The van der Waals surface area contributed by atoms with Gasteiger partial charge < -0.3 is 15.1 Å². The molecule has 0 bridgehead atoms. The van der Waals surface area contributed by atoms with Gasteiger partial charge in [0, 0.05) is 43.6 Å². The molecule has 2 saturated heterocycles. The Morgan fingerprint density at radius 2 is 1.69 bits per heavy atom. The number of aromatic nitrogens is 2. The zero-order valence-corrected chi connectivity index (χ0v) is 17.5. The summed E-state index contributed by atoms with van der Waals surface area (Å²) >= 11 is 0. The van der Waals surface area contributed by atoms with Crippen molar-refractivity contribution in [1.29, 1.82) is 0 Å². The van der Waals surface area contributed by atoms with Gasteiger partial charge in [0.1, 0.15) is 17.3 Å². The van der Waals surface area contributed by atoms with Gasteiger partial charge in [-0.1, -0.05) is 6.92 Å². The van der Waals surface area contributed by atoms with Crippen LogP contribution in [-0.2, 0) is 0 Å². The van der Waals surface area contributed by atoms with Gasteiger partial charge in [-0.2, -0.15) is 0 Å². The molecule has 3 heterocycles. The summed E-state index contributed by atoms with van der Waals surface area (Å²) < 4.78 is 0. The third kappa shape index (κ3) is 4.86. The molecule has 0 saturated carbocycles. The molecule has 29 heavy (non-hydrogen) atoms. The van der Waals surface area contributed by atoms with E-state index in [-0.39, 0.29) is 5.91 Å². The Hall–Kier alpha value is -2.63. The van der Waals surface area contributed by atoms with Gasteiger partial charge in [-0.3, -0.25) is 4.79 Å². The third-order valence-corrected chi connectivity index (χ3v) is 5.99. The molecule has 6 heteroatoms. The summed E-state index contributed by atoms with van der Waals surface area (Å²) in [5.41, 5.74) is 2.71. The molecule has 0 spiro atoms. The van der Waals surface area contributed by atoms with E-state index in [0.29, 0.717) is 23.3 Å². The van der Waals surface area contributed by atoms with E-state index < -0.39 is 0 Å². The molecule has 1 N–H and O–H groups in total. The fourth-order valence-electron chi connectivity index (χ4n) is 4.17. The van der Waals surface area contributed by atoms with Crippen molar-refractivity contribution in [2.45, 2.75) is 46.0 Å². The fraction of sp³-hybridized carbons (Fsp3) is 0.522. The summed E-state index contributed by atoms with van der Waals surface area (Å²) in [6.07, 6.45) is 6.00. The quantitative estimate of drug-likeness (QED) is 0.835. The minimum absolute atomic E-state index is 0.00546. The smallest absolute Gasteiger partial charge is 0.272 e.